The molecular formula is C23H31N3O5S. The lowest BCUT2D eigenvalue weighted by molar-refractivity contribution is -0.130. The number of rotatable bonds is 5. The Morgan fingerprint density at radius 1 is 1.00 bits per heavy atom. The summed E-state index contributed by atoms with van der Waals surface area (Å²) in [6, 6.07) is 5.91. The van der Waals surface area contributed by atoms with E-state index in [1.54, 1.807) is 12.1 Å². The maximum Gasteiger partial charge on any atom is 0.269 e. The van der Waals surface area contributed by atoms with Gasteiger partial charge in [-0.25, -0.2) is 8.42 Å². The molecule has 0 aromatic heterocycles. The second kappa shape index (κ2) is 8.43. The molecule has 5 fully saturated rings. The molecule has 0 atom stereocenters. The molecule has 1 aromatic carbocycles. The van der Waals surface area contributed by atoms with E-state index >= 15 is 0 Å². The van der Waals surface area contributed by atoms with Crippen molar-refractivity contribution < 1.29 is 22.7 Å². The van der Waals surface area contributed by atoms with Crippen molar-refractivity contribution in [2.75, 3.05) is 26.3 Å². The molecule has 8 nitrogen and oxygen atoms in total. The maximum atomic E-state index is 12.8. The summed E-state index contributed by atoms with van der Waals surface area (Å²) >= 11 is 0. The molecule has 9 heteroatoms. The average molecular weight is 462 g/mol. The molecular weight excluding hydrogens is 430 g/mol. The van der Waals surface area contributed by atoms with E-state index in [2.05, 4.69) is 10.9 Å². The minimum atomic E-state index is -3.69. The fourth-order valence-electron chi connectivity index (χ4n) is 6.82. The van der Waals surface area contributed by atoms with Crippen LogP contribution in [0.3, 0.4) is 0 Å². The van der Waals surface area contributed by atoms with Gasteiger partial charge >= 0.3 is 0 Å². The van der Waals surface area contributed by atoms with E-state index in [4.69, 9.17) is 4.74 Å². The fourth-order valence-corrected chi connectivity index (χ4v) is 8.28. The second-order valence-corrected chi connectivity index (χ2v) is 12.1. The van der Waals surface area contributed by atoms with Crippen LogP contribution in [0, 0.1) is 23.2 Å². The van der Waals surface area contributed by atoms with Gasteiger partial charge in [0.1, 0.15) is 0 Å². The first-order valence-electron chi connectivity index (χ1n) is 11.6. The van der Waals surface area contributed by atoms with Crippen LogP contribution in [0.2, 0.25) is 0 Å². The molecule has 1 saturated heterocycles. The minimum absolute atomic E-state index is 0.0620. The van der Waals surface area contributed by atoms with Crippen molar-refractivity contribution in [3.8, 4) is 0 Å². The number of nitrogens with one attached hydrogen (secondary N) is 2. The third-order valence-electron chi connectivity index (χ3n) is 7.72. The summed E-state index contributed by atoms with van der Waals surface area (Å²) in [5.74, 6) is 1.60. The van der Waals surface area contributed by atoms with E-state index in [9.17, 15) is 18.0 Å². The van der Waals surface area contributed by atoms with Crippen LogP contribution in [0.4, 0.5) is 0 Å². The number of sulfonamides is 1. The van der Waals surface area contributed by atoms with Crippen LogP contribution in [0.5, 0.6) is 0 Å². The minimum Gasteiger partial charge on any atom is -0.379 e. The topological polar surface area (TPSA) is 105 Å². The zero-order valence-electron chi connectivity index (χ0n) is 18.2. The highest BCUT2D eigenvalue weighted by atomic mass is 32.2. The number of benzene rings is 1. The summed E-state index contributed by atoms with van der Waals surface area (Å²) in [6.45, 7) is 1.29. The van der Waals surface area contributed by atoms with E-state index in [-0.39, 0.29) is 21.8 Å². The zero-order valence-corrected chi connectivity index (χ0v) is 19.0. The normalized spacial score (nSPS) is 31.9. The van der Waals surface area contributed by atoms with Gasteiger partial charge in [-0.2, -0.15) is 4.31 Å². The average Bonchev–Trinajstić information content (AvgIpc) is 2.77. The lowest BCUT2D eigenvalue weighted by Crippen LogP contribution is -2.50. The van der Waals surface area contributed by atoms with Gasteiger partial charge < -0.3 is 4.74 Å². The number of hydrogen-bond acceptors (Lipinski definition) is 5. The third-order valence-corrected chi connectivity index (χ3v) is 9.61. The fraction of sp³-hybridized carbons (Fsp3) is 0.652. The van der Waals surface area contributed by atoms with E-state index in [0.29, 0.717) is 32.7 Å². The highest BCUT2D eigenvalue weighted by Crippen LogP contribution is 2.61. The van der Waals surface area contributed by atoms with Gasteiger partial charge in [-0.3, -0.25) is 20.4 Å². The van der Waals surface area contributed by atoms with Crippen molar-refractivity contribution in [2.45, 2.75) is 49.8 Å². The molecule has 0 radical (unpaired) electrons. The summed E-state index contributed by atoms with van der Waals surface area (Å²) in [4.78, 5) is 25.3. The molecule has 1 heterocycles. The smallest absolute Gasteiger partial charge is 0.269 e. The Kier molecular flexibility index (Phi) is 5.75. The molecule has 174 valence electrons. The van der Waals surface area contributed by atoms with E-state index in [1.165, 1.54) is 35.7 Å². The summed E-state index contributed by atoms with van der Waals surface area (Å²) in [6.07, 6.45) is 7.79. The Bertz CT molecular complexity index is 967. The third kappa shape index (κ3) is 4.30. The maximum absolute atomic E-state index is 12.8. The van der Waals surface area contributed by atoms with Gasteiger partial charge in [0.25, 0.3) is 5.91 Å². The molecule has 4 aliphatic carbocycles. The van der Waals surface area contributed by atoms with Gasteiger partial charge in [-0.15, -0.1) is 0 Å². The number of morpholine rings is 1. The highest BCUT2D eigenvalue weighted by Gasteiger charge is 2.51. The number of amides is 2. The van der Waals surface area contributed by atoms with Gasteiger partial charge in [0, 0.05) is 25.1 Å². The molecule has 1 aliphatic heterocycles. The Morgan fingerprint density at radius 3 is 2.25 bits per heavy atom. The lowest BCUT2D eigenvalue weighted by atomic mass is 9.49. The monoisotopic (exact) mass is 461 g/mol. The summed E-state index contributed by atoms with van der Waals surface area (Å²) in [7, 11) is -3.69. The standard InChI is InChI=1S/C23H31N3O5S/c27-21(15-23-12-16-8-17(13-23)10-18(9-16)14-23)24-25-22(28)19-2-1-3-20(11-19)32(29,30)26-4-6-31-7-5-26/h1-3,11,16-18H,4-10,12-15H2,(H,24,27)(H,25,28). The number of ether oxygens (including phenoxy) is 1. The molecule has 2 amide bonds. The number of hydrazine groups is 1. The van der Waals surface area contributed by atoms with Crippen LogP contribution in [0.25, 0.3) is 0 Å². The highest BCUT2D eigenvalue weighted by molar-refractivity contribution is 7.89. The van der Waals surface area contributed by atoms with Crippen LogP contribution in [0.1, 0.15) is 55.3 Å². The first-order valence-corrected chi connectivity index (χ1v) is 13.0. The summed E-state index contributed by atoms with van der Waals surface area (Å²) in [5.41, 5.74) is 5.32. The molecule has 0 spiro atoms. The van der Waals surface area contributed by atoms with Crippen molar-refractivity contribution >= 4 is 21.8 Å². The first-order chi connectivity index (χ1) is 15.3. The number of carbonyl (C=O) groups excluding carboxylic acids is 2. The van der Waals surface area contributed by atoms with Crippen molar-refractivity contribution in [1.29, 1.82) is 0 Å². The number of hydrogen-bond donors (Lipinski definition) is 2. The quantitative estimate of drug-likeness (QED) is 0.654. The Balaban J connectivity index is 1.19. The van der Waals surface area contributed by atoms with Crippen LogP contribution < -0.4 is 10.9 Å². The van der Waals surface area contributed by atoms with Crippen LogP contribution in [-0.4, -0.2) is 50.8 Å². The van der Waals surface area contributed by atoms with Gasteiger partial charge in [-0.1, -0.05) is 6.07 Å². The Morgan fingerprint density at radius 2 is 1.62 bits per heavy atom. The molecule has 0 unspecified atom stereocenters. The Labute approximate surface area is 189 Å². The van der Waals surface area contributed by atoms with E-state index in [0.717, 1.165) is 37.0 Å². The lowest BCUT2D eigenvalue weighted by Gasteiger charge is -2.56. The molecule has 6 rings (SSSR count). The van der Waals surface area contributed by atoms with Crippen molar-refractivity contribution in [3.05, 3.63) is 29.8 Å². The molecule has 32 heavy (non-hydrogen) atoms. The van der Waals surface area contributed by atoms with Crippen molar-refractivity contribution in [3.63, 3.8) is 0 Å². The number of nitrogens with zero attached hydrogens (tertiary/aromatic N) is 1. The molecule has 2 N–H and O–H groups in total. The summed E-state index contributed by atoms with van der Waals surface area (Å²) < 4.78 is 32.3. The predicted octanol–water partition coefficient (Wildman–Crippen LogP) is 2.07. The summed E-state index contributed by atoms with van der Waals surface area (Å²) in [5, 5.41) is 0. The molecule has 4 saturated carbocycles. The largest absolute Gasteiger partial charge is 0.379 e. The first kappa shape index (κ1) is 21.9. The van der Waals surface area contributed by atoms with Crippen molar-refractivity contribution in [1.82, 2.24) is 15.2 Å². The second-order valence-electron chi connectivity index (χ2n) is 10.1. The molecule has 5 aliphatic rings. The van der Waals surface area contributed by atoms with Crippen molar-refractivity contribution in [2.24, 2.45) is 23.2 Å². The van der Waals surface area contributed by atoms with E-state index in [1.807, 2.05) is 0 Å². The number of carbonyl (C=O) groups is 2. The SMILES string of the molecule is O=C(CC12CC3CC(CC(C3)C1)C2)NNC(=O)c1cccc(S(=O)(=O)N2CCOCC2)c1. The van der Waals surface area contributed by atoms with Gasteiger partial charge in [0.05, 0.1) is 18.1 Å². The Hall–Kier alpha value is -1.97. The predicted molar refractivity (Wildman–Crippen MR) is 117 cm³/mol. The molecule has 1 aromatic rings. The molecule has 4 bridgehead atoms. The van der Waals surface area contributed by atoms with Gasteiger partial charge in [0.15, 0.2) is 0 Å². The van der Waals surface area contributed by atoms with Gasteiger partial charge in [-0.05, 0) is 79.9 Å². The van der Waals surface area contributed by atoms with Crippen LogP contribution >= 0.6 is 0 Å². The van der Waals surface area contributed by atoms with E-state index < -0.39 is 15.9 Å². The van der Waals surface area contributed by atoms with Crippen LogP contribution in [-0.2, 0) is 19.6 Å². The van der Waals surface area contributed by atoms with Crippen LogP contribution in [0.15, 0.2) is 29.2 Å². The van der Waals surface area contributed by atoms with Gasteiger partial charge in [0.2, 0.25) is 15.9 Å². The zero-order chi connectivity index (χ0) is 22.3.